The Balaban J connectivity index is 3.63. The molecule has 188 valence electrons. The molecule has 0 saturated carbocycles. The zero-order chi connectivity index (χ0) is 23.9. The van der Waals surface area contributed by atoms with Crippen molar-refractivity contribution >= 4 is 11.9 Å². The molecule has 0 aromatic heterocycles. The minimum Gasteiger partial charge on any atom is -0.390 e. The van der Waals surface area contributed by atoms with Crippen molar-refractivity contribution in [3.05, 3.63) is 12.3 Å². The third kappa shape index (κ3) is 20.2. The highest BCUT2D eigenvalue weighted by atomic mass is 16.1. The first-order valence-corrected chi connectivity index (χ1v) is 13.2. The van der Waals surface area contributed by atoms with Crippen LogP contribution in [0.2, 0.25) is 0 Å². The Bertz CT molecular complexity index is 489. The van der Waals surface area contributed by atoms with E-state index in [0.717, 1.165) is 31.4 Å². The summed E-state index contributed by atoms with van der Waals surface area (Å²) in [5.41, 5.74) is 11.5. The molecule has 1 amide bonds. The number of unbranched alkanes of at least 4 members (excludes halogenated alkanes) is 14. The number of hydrogen-bond donors (Lipinski definition) is 4. The molecule has 0 rings (SSSR count). The summed E-state index contributed by atoms with van der Waals surface area (Å²) in [6, 6.07) is -0.0851. The Kier molecular flexibility index (Phi) is 21.3. The summed E-state index contributed by atoms with van der Waals surface area (Å²) in [7, 11) is 1.83. The summed E-state index contributed by atoms with van der Waals surface area (Å²) < 4.78 is 0. The van der Waals surface area contributed by atoms with Gasteiger partial charge in [-0.25, -0.2) is 0 Å². The van der Waals surface area contributed by atoms with Crippen molar-refractivity contribution in [3.8, 4) is 0 Å². The number of carbonyl (C=O) groups excluding carboxylic acids is 1. The number of amides is 1. The van der Waals surface area contributed by atoms with Crippen LogP contribution in [0.5, 0.6) is 0 Å². The zero-order valence-electron chi connectivity index (χ0n) is 21.2. The van der Waals surface area contributed by atoms with Gasteiger partial charge in [-0.3, -0.25) is 9.79 Å². The lowest BCUT2D eigenvalue weighted by Crippen LogP contribution is -2.39. The standard InChI is InChI=1S/C26H53N5O/c1-4-5-6-7-8-9-10-11-12-13-14-15-16-17-18-21-25(32)31-24(23(2)29-3)20-19-22-30-26(27)28/h24,29H,2,4-22H2,1,3H3,(H,31,32)(H4,27,28,30). The maximum Gasteiger partial charge on any atom is 0.220 e. The summed E-state index contributed by atoms with van der Waals surface area (Å²) in [6.45, 7) is 6.84. The average molecular weight is 452 g/mol. The van der Waals surface area contributed by atoms with Crippen LogP contribution in [0.15, 0.2) is 17.3 Å². The topological polar surface area (TPSA) is 106 Å². The summed E-state index contributed by atoms with van der Waals surface area (Å²) >= 11 is 0. The van der Waals surface area contributed by atoms with Gasteiger partial charge in [0.25, 0.3) is 0 Å². The van der Waals surface area contributed by atoms with Crippen molar-refractivity contribution in [2.45, 2.75) is 129 Å². The fourth-order valence-electron chi connectivity index (χ4n) is 3.93. The Labute approximate surface area is 198 Å². The molecule has 32 heavy (non-hydrogen) atoms. The molecule has 0 aromatic rings. The second-order valence-corrected chi connectivity index (χ2v) is 9.04. The lowest BCUT2D eigenvalue weighted by molar-refractivity contribution is -0.121. The smallest absolute Gasteiger partial charge is 0.220 e. The first kappa shape index (κ1) is 30.3. The normalized spacial score (nSPS) is 11.7. The molecule has 0 spiro atoms. The number of guanidine groups is 1. The lowest BCUT2D eigenvalue weighted by Gasteiger charge is -2.20. The van der Waals surface area contributed by atoms with Gasteiger partial charge in [-0.2, -0.15) is 0 Å². The van der Waals surface area contributed by atoms with Gasteiger partial charge in [0, 0.05) is 25.7 Å². The highest BCUT2D eigenvalue weighted by molar-refractivity contribution is 5.76. The van der Waals surface area contributed by atoms with Gasteiger partial charge >= 0.3 is 0 Å². The van der Waals surface area contributed by atoms with E-state index in [1.165, 1.54) is 83.5 Å². The molecule has 6 N–H and O–H groups in total. The Morgan fingerprint density at radius 1 is 0.812 bits per heavy atom. The molecule has 0 aromatic carbocycles. The molecule has 0 aliphatic rings. The van der Waals surface area contributed by atoms with Crippen LogP contribution in [0.4, 0.5) is 0 Å². The summed E-state index contributed by atoms with van der Waals surface area (Å²) in [4.78, 5) is 16.3. The Morgan fingerprint density at radius 2 is 1.28 bits per heavy atom. The van der Waals surface area contributed by atoms with Gasteiger partial charge in [-0.15, -0.1) is 0 Å². The van der Waals surface area contributed by atoms with E-state index in [2.05, 4.69) is 29.1 Å². The molecule has 6 nitrogen and oxygen atoms in total. The number of likely N-dealkylation sites (N-methyl/N-ethyl adjacent to an activating group) is 1. The molecule has 6 heteroatoms. The molecule has 0 aliphatic carbocycles. The van der Waals surface area contributed by atoms with Crippen molar-refractivity contribution < 1.29 is 4.79 Å². The molecule has 0 bridgehead atoms. The molecule has 0 saturated heterocycles. The van der Waals surface area contributed by atoms with Crippen LogP contribution in [-0.4, -0.2) is 31.5 Å². The second kappa shape index (κ2) is 22.5. The van der Waals surface area contributed by atoms with Gasteiger partial charge in [-0.05, 0) is 19.3 Å². The molecule has 0 heterocycles. The average Bonchev–Trinajstić information content (AvgIpc) is 2.77. The SMILES string of the molecule is C=C(NC)C(CCCN=C(N)N)NC(=O)CCCCCCCCCCCCCCCCC. The van der Waals surface area contributed by atoms with Crippen molar-refractivity contribution in [1.29, 1.82) is 0 Å². The highest BCUT2D eigenvalue weighted by Crippen LogP contribution is 2.14. The van der Waals surface area contributed by atoms with Gasteiger partial charge in [0.05, 0.1) is 6.04 Å². The number of nitrogens with one attached hydrogen (secondary N) is 2. The van der Waals surface area contributed by atoms with E-state index < -0.39 is 0 Å². The number of nitrogens with two attached hydrogens (primary N) is 2. The van der Waals surface area contributed by atoms with Gasteiger partial charge in [0.1, 0.15) is 0 Å². The maximum atomic E-state index is 12.3. The summed E-state index contributed by atoms with van der Waals surface area (Å²) in [5, 5.41) is 6.14. The molecular weight excluding hydrogens is 398 g/mol. The minimum absolute atomic E-state index is 0.0851. The minimum atomic E-state index is -0.0851. The molecule has 0 radical (unpaired) electrons. The number of carbonyl (C=O) groups is 1. The van der Waals surface area contributed by atoms with E-state index in [-0.39, 0.29) is 17.9 Å². The second-order valence-electron chi connectivity index (χ2n) is 9.04. The first-order valence-electron chi connectivity index (χ1n) is 13.2. The van der Waals surface area contributed by atoms with E-state index in [9.17, 15) is 4.79 Å². The summed E-state index contributed by atoms with van der Waals surface area (Å²) in [6.07, 6.45) is 22.1. The van der Waals surface area contributed by atoms with Crippen molar-refractivity contribution in [2.24, 2.45) is 16.5 Å². The number of aliphatic imine (C=N–C) groups is 1. The maximum absolute atomic E-state index is 12.3. The predicted octanol–water partition coefficient (Wildman–Crippen LogP) is 5.52. The van der Waals surface area contributed by atoms with Gasteiger partial charge in [0.15, 0.2) is 5.96 Å². The molecule has 0 aliphatic heterocycles. The fraction of sp³-hybridized carbons (Fsp3) is 0.846. The van der Waals surface area contributed by atoms with Crippen LogP contribution in [0.1, 0.15) is 122 Å². The van der Waals surface area contributed by atoms with Crippen molar-refractivity contribution in [1.82, 2.24) is 10.6 Å². The van der Waals surface area contributed by atoms with Crippen LogP contribution in [0.25, 0.3) is 0 Å². The van der Waals surface area contributed by atoms with E-state index in [0.29, 0.717) is 13.0 Å². The molecule has 1 atom stereocenters. The Hall–Kier alpha value is -1.72. The van der Waals surface area contributed by atoms with Gasteiger partial charge < -0.3 is 22.1 Å². The third-order valence-electron chi connectivity index (χ3n) is 6.03. The first-order chi connectivity index (χ1) is 15.5. The molecular formula is C26H53N5O. The number of nitrogens with zero attached hydrogens (tertiary/aromatic N) is 1. The predicted molar refractivity (Wildman–Crippen MR) is 140 cm³/mol. The van der Waals surface area contributed by atoms with Crippen LogP contribution in [-0.2, 0) is 4.79 Å². The van der Waals surface area contributed by atoms with Gasteiger partial charge in [0.2, 0.25) is 5.91 Å². The van der Waals surface area contributed by atoms with Crippen LogP contribution < -0.4 is 22.1 Å². The van der Waals surface area contributed by atoms with E-state index >= 15 is 0 Å². The molecule has 0 fully saturated rings. The quantitative estimate of drug-likeness (QED) is 0.0932. The Morgan fingerprint density at radius 3 is 1.72 bits per heavy atom. The largest absolute Gasteiger partial charge is 0.390 e. The molecule has 1 unspecified atom stereocenters. The lowest BCUT2D eigenvalue weighted by atomic mass is 10.0. The van der Waals surface area contributed by atoms with E-state index in [1.54, 1.807) is 0 Å². The van der Waals surface area contributed by atoms with Gasteiger partial charge in [-0.1, -0.05) is 103 Å². The highest BCUT2D eigenvalue weighted by Gasteiger charge is 2.14. The van der Waals surface area contributed by atoms with Crippen molar-refractivity contribution in [2.75, 3.05) is 13.6 Å². The monoisotopic (exact) mass is 451 g/mol. The number of hydrogen-bond acceptors (Lipinski definition) is 3. The summed E-state index contributed by atoms with van der Waals surface area (Å²) in [5.74, 6) is 0.203. The van der Waals surface area contributed by atoms with Crippen LogP contribution in [0, 0.1) is 0 Å². The zero-order valence-corrected chi connectivity index (χ0v) is 21.2. The van der Waals surface area contributed by atoms with Crippen molar-refractivity contribution in [3.63, 3.8) is 0 Å². The fourth-order valence-corrected chi connectivity index (χ4v) is 3.93. The number of rotatable bonds is 23. The van der Waals surface area contributed by atoms with E-state index in [4.69, 9.17) is 11.5 Å². The van der Waals surface area contributed by atoms with Crippen LogP contribution in [0.3, 0.4) is 0 Å². The van der Waals surface area contributed by atoms with E-state index in [1.807, 2.05) is 7.05 Å². The van der Waals surface area contributed by atoms with Crippen LogP contribution >= 0.6 is 0 Å². The third-order valence-corrected chi connectivity index (χ3v) is 6.03.